The van der Waals surface area contributed by atoms with E-state index in [4.69, 9.17) is 0 Å². The molecule has 0 fully saturated rings. The van der Waals surface area contributed by atoms with Crippen LogP contribution in [-0.2, 0) is 16.8 Å². The first-order valence-electron chi connectivity index (χ1n) is 4.80. The van der Waals surface area contributed by atoms with Crippen molar-refractivity contribution in [1.82, 2.24) is 9.44 Å². The van der Waals surface area contributed by atoms with E-state index in [0.717, 1.165) is 5.56 Å². The summed E-state index contributed by atoms with van der Waals surface area (Å²) in [4.78, 5) is 0. The molecule has 2 N–H and O–H groups in total. The second kappa shape index (κ2) is 5.25. The van der Waals surface area contributed by atoms with Crippen molar-refractivity contribution < 1.29 is 8.42 Å². The monoisotopic (exact) mass is 228 g/mol. The first kappa shape index (κ1) is 12.2. The van der Waals surface area contributed by atoms with Gasteiger partial charge in [0.2, 0.25) is 0 Å². The van der Waals surface area contributed by atoms with Crippen molar-refractivity contribution in [3.05, 3.63) is 35.9 Å². The first-order chi connectivity index (χ1) is 6.99. The van der Waals surface area contributed by atoms with Gasteiger partial charge >= 0.3 is 0 Å². The highest BCUT2D eigenvalue weighted by molar-refractivity contribution is 7.87. The molecular weight excluding hydrogens is 212 g/mol. The van der Waals surface area contributed by atoms with Gasteiger partial charge in [0.25, 0.3) is 10.2 Å². The first-order valence-corrected chi connectivity index (χ1v) is 6.29. The van der Waals surface area contributed by atoms with Crippen molar-refractivity contribution in [2.75, 3.05) is 0 Å². The Morgan fingerprint density at radius 1 is 1.20 bits per heavy atom. The number of hydrogen-bond acceptors (Lipinski definition) is 2. The van der Waals surface area contributed by atoms with Crippen molar-refractivity contribution in [2.24, 2.45) is 0 Å². The SMILES string of the molecule is CC(C)NS(=O)(=O)NCc1ccccc1. The maximum atomic E-state index is 11.4. The maximum absolute atomic E-state index is 11.4. The van der Waals surface area contributed by atoms with Gasteiger partial charge < -0.3 is 0 Å². The third-order valence-corrected chi connectivity index (χ3v) is 3.01. The maximum Gasteiger partial charge on any atom is 0.277 e. The van der Waals surface area contributed by atoms with Crippen LogP contribution in [0.4, 0.5) is 0 Å². The minimum absolute atomic E-state index is 0.0988. The van der Waals surface area contributed by atoms with Crippen molar-refractivity contribution >= 4 is 10.2 Å². The Morgan fingerprint density at radius 3 is 2.33 bits per heavy atom. The van der Waals surface area contributed by atoms with E-state index in [0.29, 0.717) is 6.54 Å². The molecule has 0 saturated heterocycles. The molecule has 0 unspecified atom stereocenters. The summed E-state index contributed by atoms with van der Waals surface area (Å²) < 4.78 is 27.7. The molecule has 0 atom stereocenters. The Balaban J connectivity index is 2.50. The third-order valence-electron chi connectivity index (χ3n) is 1.70. The van der Waals surface area contributed by atoms with E-state index < -0.39 is 10.2 Å². The summed E-state index contributed by atoms with van der Waals surface area (Å²) in [5.41, 5.74) is 0.937. The van der Waals surface area contributed by atoms with Crippen molar-refractivity contribution in [1.29, 1.82) is 0 Å². The van der Waals surface area contributed by atoms with Gasteiger partial charge in [0.15, 0.2) is 0 Å². The van der Waals surface area contributed by atoms with Gasteiger partial charge in [0.05, 0.1) is 0 Å². The molecule has 0 aromatic heterocycles. The third kappa shape index (κ3) is 4.92. The highest BCUT2D eigenvalue weighted by atomic mass is 32.2. The fourth-order valence-electron chi connectivity index (χ4n) is 1.13. The normalized spacial score (nSPS) is 11.9. The fraction of sp³-hybridized carbons (Fsp3) is 0.400. The van der Waals surface area contributed by atoms with E-state index in [2.05, 4.69) is 9.44 Å². The molecule has 0 radical (unpaired) electrons. The summed E-state index contributed by atoms with van der Waals surface area (Å²) in [6, 6.07) is 9.29. The summed E-state index contributed by atoms with van der Waals surface area (Å²) in [6.07, 6.45) is 0. The summed E-state index contributed by atoms with van der Waals surface area (Å²) in [5.74, 6) is 0. The number of hydrogen-bond donors (Lipinski definition) is 2. The summed E-state index contributed by atoms with van der Waals surface area (Å²) in [6.45, 7) is 3.87. The van der Waals surface area contributed by atoms with E-state index in [9.17, 15) is 8.42 Å². The molecule has 15 heavy (non-hydrogen) atoms. The zero-order valence-corrected chi connectivity index (χ0v) is 9.71. The van der Waals surface area contributed by atoms with Crippen LogP contribution in [0.5, 0.6) is 0 Å². The van der Waals surface area contributed by atoms with Gasteiger partial charge in [0, 0.05) is 12.6 Å². The second-order valence-corrected chi connectivity index (χ2v) is 5.11. The number of nitrogens with one attached hydrogen (secondary N) is 2. The molecule has 0 spiro atoms. The molecule has 1 aromatic carbocycles. The minimum atomic E-state index is -3.38. The van der Waals surface area contributed by atoms with Crippen LogP contribution in [-0.4, -0.2) is 14.5 Å². The van der Waals surface area contributed by atoms with Gasteiger partial charge in [-0.1, -0.05) is 30.3 Å². The Bertz CT molecular complexity index is 387. The molecule has 5 heteroatoms. The lowest BCUT2D eigenvalue weighted by Gasteiger charge is -2.10. The van der Waals surface area contributed by atoms with Crippen molar-refractivity contribution in [3.8, 4) is 0 Å². The molecule has 1 rings (SSSR count). The molecule has 0 aliphatic rings. The van der Waals surface area contributed by atoms with Crippen LogP contribution in [0, 0.1) is 0 Å². The van der Waals surface area contributed by atoms with Gasteiger partial charge in [-0.2, -0.15) is 17.9 Å². The molecule has 0 aliphatic heterocycles. The minimum Gasteiger partial charge on any atom is -0.200 e. The lowest BCUT2D eigenvalue weighted by atomic mass is 10.2. The quantitative estimate of drug-likeness (QED) is 0.790. The zero-order valence-electron chi connectivity index (χ0n) is 8.90. The average molecular weight is 228 g/mol. The standard InChI is InChI=1S/C10H16N2O2S/c1-9(2)12-15(13,14)11-8-10-6-4-3-5-7-10/h3-7,9,11-12H,8H2,1-2H3. The summed E-state index contributed by atoms with van der Waals surface area (Å²) in [7, 11) is -3.38. The molecule has 0 bridgehead atoms. The van der Waals surface area contributed by atoms with Gasteiger partial charge in [0.1, 0.15) is 0 Å². The summed E-state index contributed by atoms with van der Waals surface area (Å²) >= 11 is 0. The van der Waals surface area contributed by atoms with Crippen molar-refractivity contribution in [3.63, 3.8) is 0 Å². The van der Waals surface area contributed by atoms with Crippen LogP contribution >= 0.6 is 0 Å². The van der Waals surface area contributed by atoms with Crippen LogP contribution in [0.15, 0.2) is 30.3 Å². The predicted molar refractivity (Wildman–Crippen MR) is 60.5 cm³/mol. The molecular formula is C10H16N2O2S. The fourth-order valence-corrected chi connectivity index (χ4v) is 2.19. The van der Waals surface area contributed by atoms with Crippen LogP contribution in [0.25, 0.3) is 0 Å². The van der Waals surface area contributed by atoms with E-state index >= 15 is 0 Å². The lowest BCUT2D eigenvalue weighted by Crippen LogP contribution is -2.39. The van der Waals surface area contributed by atoms with Crippen LogP contribution in [0.2, 0.25) is 0 Å². The molecule has 0 amide bonds. The van der Waals surface area contributed by atoms with E-state index in [1.807, 2.05) is 30.3 Å². The van der Waals surface area contributed by atoms with Crippen molar-refractivity contribution in [2.45, 2.75) is 26.4 Å². The Labute approximate surface area is 90.9 Å². The van der Waals surface area contributed by atoms with Crippen LogP contribution < -0.4 is 9.44 Å². The largest absolute Gasteiger partial charge is 0.277 e. The highest BCUT2D eigenvalue weighted by Gasteiger charge is 2.09. The van der Waals surface area contributed by atoms with Crippen LogP contribution in [0.1, 0.15) is 19.4 Å². The molecule has 0 heterocycles. The zero-order chi connectivity index (χ0) is 11.3. The average Bonchev–Trinajstić information content (AvgIpc) is 2.15. The van der Waals surface area contributed by atoms with E-state index in [1.54, 1.807) is 13.8 Å². The summed E-state index contributed by atoms with van der Waals surface area (Å²) in [5, 5.41) is 0. The molecule has 0 aliphatic carbocycles. The number of rotatable bonds is 5. The lowest BCUT2D eigenvalue weighted by molar-refractivity contribution is 0.554. The van der Waals surface area contributed by atoms with Gasteiger partial charge in [-0.05, 0) is 19.4 Å². The predicted octanol–water partition coefficient (Wildman–Crippen LogP) is 1.02. The molecule has 1 aromatic rings. The molecule has 0 saturated carbocycles. The van der Waals surface area contributed by atoms with Gasteiger partial charge in [-0.3, -0.25) is 0 Å². The van der Waals surface area contributed by atoms with E-state index in [-0.39, 0.29) is 6.04 Å². The number of benzene rings is 1. The molecule has 84 valence electrons. The Hall–Kier alpha value is -0.910. The Morgan fingerprint density at radius 2 is 1.80 bits per heavy atom. The smallest absolute Gasteiger partial charge is 0.200 e. The Kier molecular flexibility index (Phi) is 4.26. The highest BCUT2D eigenvalue weighted by Crippen LogP contribution is 1.98. The van der Waals surface area contributed by atoms with E-state index in [1.165, 1.54) is 0 Å². The van der Waals surface area contributed by atoms with Gasteiger partial charge in [-0.25, -0.2) is 0 Å². The second-order valence-electron chi connectivity index (χ2n) is 3.58. The van der Waals surface area contributed by atoms with Crippen LogP contribution in [0.3, 0.4) is 0 Å². The topological polar surface area (TPSA) is 58.2 Å². The van der Waals surface area contributed by atoms with Gasteiger partial charge in [-0.15, -0.1) is 0 Å². The molecule has 4 nitrogen and oxygen atoms in total.